The van der Waals surface area contributed by atoms with E-state index in [0.29, 0.717) is 5.75 Å². The summed E-state index contributed by atoms with van der Waals surface area (Å²) in [7, 11) is 0. The summed E-state index contributed by atoms with van der Waals surface area (Å²) >= 11 is 0. The Morgan fingerprint density at radius 1 is 1.20 bits per heavy atom. The number of rotatable bonds is 5. The van der Waals surface area contributed by atoms with Gasteiger partial charge in [0.2, 0.25) is 0 Å². The van der Waals surface area contributed by atoms with Crippen LogP contribution in [-0.2, 0) is 0 Å². The minimum absolute atomic E-state index is 0.194. The molecule has 106 valence electrons. The summed E-state index contributed by atoms with van der Waals surface area (Å²) in [4.78, 5) is 0. The van der Waals surface area contributed by atoms with Gasteiger partial charge in [0, 0.05) is 17.0 Å². The van der Waals surface area contributed by atoms with Crippen molar-refractivity contribution in [1.29, 1.82) is 0 Å². The number of fused-ring (bicyclic) bond motifs is 1. The quantitative estimate of drug-likeness (QED) is 0.844. The molecule has 20 heavy (non-hydrogen) atoms. The first-order chi connectivity index (χ1) is 9.75. The third-order valence-corrected chi connectivity index (χ3v) is 4.63. The number of hydrogen-bond donors (Lipinski definition) is 2. The maximum absolute atomic E-state index is 10.4. The molecular formula is C18H23NO. The van der Waals surface area contributed by atoms with Crippen LogP contribution < -0.4 is 5.32 Å². The summed E-state index contributed by atoms with van der Waals surface area (Å²) in [5, 5.41) is 16.0. The number of aromatic hydroxyl groups is 1. The number of nitrogens with one attached hydrogen (secondary N) is 1. The molecule has 2 aromatic carbocycles. The summed E-state index contributed by atoms with van der Waals surface area (Å²) in [5.41, 5.74) is 0.998. The fourth-order valence-electron chi connectivity index (χ4n) is 3.02. The Bertz CT molecular complexity index is 589. The van der Waals surface area contributed by atoms with Crippen LogP contribution in [0, 0.1) is 5.92 Å². The highest BCUT2D eigenvalue weighted by Crippen LogP contribution is 2.33. The maximum Gasteiger partial charge on any atom is 0.128 e. The van der Waals surface area contributed by atoms with Crippen LogP contribution >= 0.6 is 0 Å². The van der Waals surface area contributed by atoms with Gasteiger partial charge in [-0.3, -0.25) is 0 Å². The number of phenolic OH excluding ortho intramolecular Hbond substituents is 1. The third kappa shape index (κ3) is 2.66. The summed E-state index contributed by atoms with van der Waals surface area (Å²) in [6, 6.07) is 12.3. The van der Waals surface area contributed by atoms with E-state index in [0.717, 1.165) is 28.8 Å². The molecule has 0 spiro atoms. The molecule has 0 saturated heterocycles. The van der Waals surface area contributed by atoms with Crippen molar-refractivity contribution in [3.05, 3.63) is 42.0 Å². The van der Waals surface area contributed by atoms with Crippen molar-refractivity contribution >= 4 is 10.8 Å². The smallest absolute Gasteiger partial charge is 0.128 e. The molecule has 0 amide bonds. The van der Waals surface area contributed by atoms with Gasteiger partial charge in [-0.2, -0.15) is 0 Å². The summed E-state index contributed by atoms with van der Waals surface area (Å²) in [6.07, 6.45) is 5.47. The van der Waals surface area contributed by atoms with Gasteiger partial charge < -0.3 is 10.4 Å². The van der Waals surface area contributed by atoms with Crippen LogP contribution in [0.4, 0.5) is 0 Å². The Hall–Kier alpha value is -1.54. The molecule has 0 heterocycles. The molecule has 0 aliphatic heterocycles. The minimum atomic E-state index is 0.194. The average molecular weight is 269 g/mol. The van der Waals surface area contributed by atoms with Crippen LogP contribution in [0.15, 0.2) is 36.4 Å². The van der Waals surface area contributed by atoms with Crippen LogP contribution in [0.25, 0.3) is 10.8 Å². The van der Waals surface area contributed by atoms with Gasteiger partial charge in [-0.15, -0.1) is 0 Å². The Balaban J connectivity index is 1.70. The van der Waals surface area contributed by atoms with Gasteiger partial charge in [0.15, 0.2) is 0 Å². The van der Waals surface area contributed by atoms with E-state index in [2.05, 4.69) is 18.3 Å². The van der Waals surface area contributed by atoms with E-state index < -0.39 is 0 Å². The van der Waals surface area contributed by atoms with Crippen molar-refractivity contribution in [2.75, 3.05) is 6.54 Å². The molecule has 1 atom stereocenters. The van der Waals surface area contributed by atoms with Gasteiger partial charge in [0.1, 0.15) is 5.75 Å². The number of phenols is 1. The average Bonchev–Trinajstić information content (AvgIpc) is 2.42. The van der Waals surface area contributed by atoms with Gasteiger partial charge in [0.25, 0.3) is 0 Å². The normalized spacial score (nSPS) is 17.1. The van der Waals surface area contributed by atoms with Crippen molar-refractivity contribution in [1.82, 2.24) is 5.32 Å². The highest BCUT2D eigenvalue weighted by atomic mass is 16.3. The highest BCUT2D eigenvalue weighted by molar-refractivity contribution is 5.89. The molecule has 2 heteroatoms. The molecule has 2 nitrogen and oxygen atoms in total. The third-order valence-electron chi connectivity index (χ3n) is 4.63. The Morgan fingerprint density at radius 2 is 2.00 bits per heavy atom. The van der Waals surface area contributed by atoms with Crippen molar-refractivity contribution in [2.45, 2.75) is 38.6 Å². The van der Waals surface area contributed by atoms with Crippen LogP contribution in [0.1, 0.15) is 44.2 Å². The van der Waals surface area contributed by atoms with Gasteiger partial charge in [-0.25, -0.2) is 0 Å². The second kappa shape index (κ2) is 5.84. The molecule has 1 aliphatic carbocycles. The van der Waals surface area contributed by atoms with E-state index in [-0.39, 0.29) is 6.04 Å². The Labute approximate surface area is 120 Å². The molecule has 3 rings (SSSR count). The van der Waals surface area contributed by atoms with Crippen LogP contribution in [0.5, 0.6) is 5.75 Å². The summed E-state index contributed by atoms with van der Waals surface area (Å²) in [5.74, 6) is 1.35. The first kappa shape index (κ1) is 13.4. The lowest BCUT2D eigenvalue weighted by Gasteiger charge is -2.26. The lowest BCUT2D eigenvalue weighted by atomic mass is 9.83. The van der Waals surface area contributed by atoms with E-state index in [1.165, 1.54) is 25.7 Å². The molecule has 1 saturated carbocycles. The van der Waals surface area contributed by atoms with Gasteiger partial charge >= 0.3 is 0 Å². The van der Waals surface area contributed by atoms with Crippen molar-refractivity contribution < 1.29 is 5.11 Å². The lowest BCUT2D eigenvalue weighted by Crippen LogP contribution is -2.24. The van der Waals surface area contributed by atoms with E-state index >= 15 is 0 Å². The zero-order chi connectivity index (χ0) is 13.9. The SMILES string of the molecule is CC(NCCC1CCC1)c1ccc2ccccc2c1O. The van der Waals surface area contributed by atoms with E-state index in [1.807, 2.05) is 30.3 Å². The van der Waals surface area contributed by atoms with Gasteiger partial charge in [-0.1, -0.05) is 55.7 Å². The fourth-order valence-corrected chi connectivity index (χ4v) is 3.02. The molecule has 0 radical (unpaired) electrons. The molecule has 1 unspecified atom stereocenters. The number of benzene rings is 2. The van der Waals surface area contributed by atoms with Crippen molar-refractivity contribution in [3.63, 3.8) is 0 Å². The second-order valence-electron chi connectivity index (χ2n) is 5.99. The monoisotopic (exact) mass is 269 g/mol. The number of hydrogen-bond acceptors (Lipinski definition) is 2. The predicted molar refractivity (Wildman–Crippen MR) is 84.0 cm³/mol. The topological polar surface area (TPSA) is 32.3 Å². The van der Waals surface area contributed by atoms with Gasteiger partial charge in [0.05, 0.1) is 0 Å². The highest BCUT2D eigenvalue weighted by Gasteiger charge is 2.18. The molecule has 2 N–H and O–H groups in total. The fraction of sp³-hybridized carbons (Fsp3) is 0.444. The standard InChI is InChI=1S/C18H23NO/c1-13(19-12-11-14-5-4-6-14)16-10-9-15-7-2-3-8-17(15)18(16)20/h2-3,7-10,13-14,19-20H,4-6,11-12H2,1H3. The molecule has 1 fully saturated rings. The van der Waals surface area contributed by atoms with Crippen molar-refractivity contribution in [2.24, 2.45) is 5.92 Å². The minimum Gasteiger partial charge on any atom is -0.507 e. The zero-order valence-electron chi connectivity index (χ0n) is 12.1. The molecule has 2 aromatic rings. The van der Waals surface area contributed by atoms with E-state index in [9.17, 15) is 5.11 Å². The molecular weight excluding hydrogens is 246 g/mol. The largest absolute Gasteiger partial charge is 0.507 e. The zero-order valence-corrected chi connectivity index (χ0v) is 12.1. The summed E-state index contributed by atoms with van der Waals surface area (Å²) in [6.45, 7) is 3.17. The van der Waals surface area contributed by atoms with Crippen LogP contribution in [-0.4, -0.2) is 11.7 Å². The van der Waals surface area contributed by atoms with Crippen LogP contribution in [0.2, 0.25) is 0 Å². The van der Waals surface area contributed by atoms with Gasteiger partial charge in [-0.05, 0) is 31.2 Å². The lowest BCUT2D eigenvalue weighted by molar-refractivity contribution is 0.288. The van der Waals surface area contributed by atoms with Crippen molar-refractivity contribution in [3.8, 4) is 5.75 Å². The molecule has 0 aromatic heterocycles. The predicted octanol–water partition coefficient (Wildman–Crippen LogP) is 4.39. The maximum atomic E-state index is 10.4. The molecule has 1 aliphatic rings. The van der Waals surface area contributed by atoms with E-state index in [4.69, 9.17) is 0 Å². The molecule has 0 bridgehead atoms. The Kier molecular flexibility index (Phi) is 3.93. The van der Waals surface area contributed by atoms with Crippen LogP contribution in [0.3, 0.4) is 0 Å². The van der Waals surface area contributed by atoms with E-state index in [1.54, 1.807) is 0 Å². The Morgan fingerprint density at radius 3 is 2.75 bits per heavy atom. The first-order valence-corrected chi connectivity index (χ1v) is 7.69. The first-order valence-electron chi connectivity index (χ1n) is 7.69. The summed E-state index contributed by atoms with van der Waals surface area (Å²) < 4.78 is 0. The second-order valence-corrected chi connectivity index (χ2v) is 5.99.